The van der Waals surface area contributed by atoms with Crippen LogP contribution in [0.5, 0.6) is 0 Å². The second kappa shape index (κ2) is 1.94. The van der Waals surface area contributed by atoms with Crippen LogP contribution in [0.1, 0.15) is 17.1 Å². The molecule has 0 aliphatic rings. The smallest absolute Gasteiger partial charge is 0.118 e. The van der Waals surface area contributed by atoms with E-state index in [0.29, 0.717) is 11.3 Å². The molecule has 1 aromatic heterocycles. The van der Waals surface area contributed by atoms with Crippen molar-refractivity contribution in [1.82, 2.24) is 0 Å². The lowest BCUT2D eigenvalue weighted by Gasteiger charge is -1.78. The zero-order valence-corrected chi connectivity index (χ0v) is 5.43. The van der Waals surface area contributed by atoms with Gasteiger partial charge in [0.25, 0.3) is 0 Å². The van der Waals surface area contributed by atoms with E-state index in [0.717, 1.165) is 5.76 Å². The van der Waals surface area contributed by atoms with Crippen molar-refractivity contribution in [3.63, 3.8) is 0 Å². The quantitative estimate of drug-likeness (QED) is 0.524. The van der Waals surface area contributed by atoms with Crippen molar-refractivity contribution in [1.29, 1.82) is 5.26 Å². The van der Waals surface area contributed by atoms with E-state index in [1.54, 1.807) is 13.0 Å². The van der Waals surface area contributed by atoms with Crippen LogP contribution in [0.15, 0.2) is 10.5 Å². The molecule has 1 rings (SSSR count). The lowest BCUT2D eigenvalue weighted by atomic mass is 10.3. The minimum absolute atomic E-state index is 0.632. The van der Waals surface area contributed by atoms with Gasteiger partial charge in [-0.3, -0.25) is 0 Å². The molecule has 0 fully saturated rings. The first kappa shape index (κ1) is 5.90. The van der Waals surface area contributed by atoms with E-state index in [-0.39, 0.29) is 0 Å². The lowest BCUT2D eigenvalue weighted by molar-refractivity contribution is 0.504. The maximum absolute atomic E-state index is 8.42. The van der Waals surface area contributed by atoms with E-state index in [9.17, 15) is 0 Å². The SMILES string of the molecule is Cc1cc(C#N)c(C)o1. The minimum atomic E-state index is 0.632. The molecule has 0 spiro atoms. The molecule has 2 nitrogen and oxygen atoms in total. The molecular weight excluding hydrogens is 114 g/mol. The summed E-state index contributed by atoms with van der Waals surface area (Å²) in [6.07, 6.45) is 0. The van der Waals surface area contributed by atoms with Gasteiger partial charge in [0, 0.05) is 0 Å². The fourth-order valence-corrected chi connectivity index (χ4v) is 0.742. The third-order valence-corrected chi connectivity index (χ3v) is 1.16. The largest absolute Gasteiger partial charge is 0.465 e. The summed E-state index contributed by atoms with van der Waals surface area (Å²) in [6.45, 7) is 3.61. The molecule has 2 heteroatoms. The van der Waals surface area contributed by atoms with E-state index in [4.69, 9.17) is 9.68 Å². The normalized spacial score (nSPS) is 9.00. The maximum atomic E-state index is 8.42. The van der Waals surface area contributed by atoms with Crippen molar-refractivity contribution < 1.29 is 4.42 Å². The third kappa shape index (κ3) is 0.945. The fourth-order valence-electron chi connectivity index (χ4n) is 0.742. The fraction of sp³-hybridized carbons (Fsp3) is 0.286. The molecule has 46 valence electrons. The number of hydrogen-bond acceptors (Lipinski definition) is 2. The van der Waals surface area contributed by atoms with E-state index < -0.39 is 0 Å². The maximum Gasteiger partial charge on any atom is 0.118 e. The first-order chi connectivity index (χ1) is 4.24. The van der Waals surface area contributed by atoms with Gasteiger partial charge in [0.15, 0.2) is 0 Å². The first-order valence-corrected chi connectivity index (χ1v) is 2.71. The van der Waals surface area contributed by atoms with Crippen molar-refractivity contribution in [3.05, 3.63) is 23.2 Å². The Morgan fingerprint density at radius 1 is 1.56 bits per heavy atom. The van der Waals surface area contributed by atoms with Crippen LogP contribution in [0.3, 0.4) is 0 Å². The zero-order chi connectivity index (χ0) is 6.85. The van der Waals surface area contributed by atoms with Crippen molar-refractivity contribution in [2.24, 2.45) is 0 Å². The van der Waals surface area contributed by atoms with Crippen LogP contribution >= 0.6 is 0 Å². The van der Waals surface area contributed by atoms with Crippen LogP contribution in [0.4, 0.5) is 0 Å². The summed E-state index contributed by atoms with van der Waals surface area (Å²) in [5.74, 6) is 1.50. The average molecular weight is 121 g/mol. The highest BCUT2D eigenvalue weighted by molar-refractivity contribution is 5.32. The highest BCUT2D eigenvalue weighted by Gasteiger charge is 2.00. The van der Waals surface area contributed by atoms with Crippen LogP contribution in [-0.4, -0.2) is 0 Å². The van der Waals surface area contributed by atoms with E-state index in [2.05, 4.69) is 0 Å². The molecule has 0 N–H and O–H groups in total. The molecule has 0 bridgehead atoms. The molecule has 9 heavy (non-hydrogen) atoms. The number of nitrogens with zero attached hydrogens (tertiary/aromatic N) is 1. The average Bonchev–Trinajstić information content (AvgIpc) is 2.10. The Morgan fingerprint density at radius 3 is 2.44 bits per heavy atom. The Hall–Kier alpha value is -1.23. The van der Waals surface area contributed by atoms with Gasteiger partial charge < -0.3 is 4.42 Å². The lowest BCUT2D eigenvalue weighted by Crippen LogP contribution is -1.67. The van der Waals surface area contributed by atoms with Crippen molar-refractivity contribution >= 4 is 0 Å². The highest BCUT2D eigenvalue weighted by atomic mass is 16.3. The number of nitriles is 1. The van der Waals surface area contributed by atoms with Crippen LogP contribution in [0, 0.1) is 25.2 Å². The molecule has 1 aromatic rings. The monoisotopic (exact) mass is 121 g/mol. The molecule has 1 heterocycles. The zero-order valence-electron chi connectivity index (χ0n) is 5.43. The Morgan fingerprint density at radius 2 is 2.22 bits per heavy atom. The van der Waals surface area contributed by atoms with Gasteiger partial charge in [-0.15, -0.1) is 0 Å². The molecule has 0 aliphatic carbocycles. The summed E-state index contributed by atoms with van der Waals surface area (Å²) < 4.78 is 5.08. The second-order valence-corrected chi connectivity index (χ2v) is 1.94. The van der Waals surface area contributed by atoms with Crippen LogP contribution in [-0.2, 0) is 0 Å². The number of hydrogen-bond donors (Lipinski definition) is 0. The minimum Gasteiger partial charge on any atom is -0.465 e. The molecule has 0 radical (unpaired) electrons. The molecular formula is C7H7NO. The summed E-state index contributed by atoms with van der Waals surface area (Å²) in [5, 5.41) is 8.42. The Kier molecular flexibility index (Phi) is 1.27. The predicted octanol–water partition coefficient (Wildman–Crippen LogP) is 1.77. The summed E-state index contributed by atoms with van der Waals surface area (Å²) in [6, 6.07) is 3.75. The summed E-state index contributed by atoms with van der Waals surface area (Å²) in [4.78, 5) is 0. The Labute approximate surface area is 53.7 Å². The molecule has 0 atom stereocenters. The van der Waals surface area contributed by atoms with Gasteiger partial charge in [-0.25, -0.2) is 0 Å². The third-order valence-electron chi connectivity index (χ3n) is 1.16. The van der Waals surface area contributed by atoms with Crippen molar-refractivity contribution in [2.45, 2.75) is 13.8 Å². The highest BCUT2D eigenvalue weighted by Crippen LogP contribution is 2.11. The molecule has 0 saturated heterocycles. The van der Waals surface area contributed by atoms with Crippen molar-refractivity contribution in [3.8, 4) is 6.07 Å². The number of aryl methyl sites for hydroxylation is 2. The molecule has 0 aliphatic heterocycles. The topological polar surface area (TPSA) is 36.9 Å². The molecule has 0 unspecified atom stereocenters. The van der Waals surface area contributed by atoms with E-state index in [1.165, 1.54) is 0 Å². The van der Waals surface area contributed by atoms with Gasteiger partial charge in [0.1, 0.15) is 17.6 Å². The molecule has 0 amide bonds. The summed E-state index contributed by atoms with van der Waals surface area (Å²) >= 11 is 0. The number of furan rings is 1. The second-order valence-electron chi connectivity index (χ2n) is 1.94. The van der Waals surface area contributed by atoms with E-state index >= 15 is 0 Å². The first-order valence-electron chi connectivity index (χ1n) is 2.71. The summed E-state index contributed by atoms with van der Waals surface area (Å²) in [7, 11) is 0. The van der Waals surface area contributed by atoms with Crippen LogP contribution in [0.25, 0.3) is 0 Å². The summed E-state index contributed by atoms with van der Waals surface area (Å²) in [5.41, 5.74) is 0.632. The van der Waals surface area contributed by atoms with Crippen molar-refractivity contribution in [2.75, 3.05) is 0 Å². The van der Waals surface area contributed by atoms with E-state index in [1.807, 2.05) is 13.0 Å². The van der Waals surface area contributed by atoms with Gasteiger partial charge in [0.2, 0.25) is 0 Å². The molecule has 0 aromatic carbocycles. The van der Waals surface area contributed by atoms with Gasteiger partial charge in [-0.1, -0.05) is 0 Å². The predicted molar refractivity (Wildman–Crippen MR) is 32.9 cm³/mol. The Balaban J connectivity index is 3.20. The van der Waals surface area contributed by atoms with Crippen LogP contribution in [0.2, 0.25) is 0 Å². The Bertz CT molecular complexity index is 254. The van der Waals surface area contributed by atoms with Gasteiger partial charge in [-0.05, 0) is 19.9 Å². The van der Waals surface area contributed by atoms with Gasteiger partial charge in [-0.2, -0.15) is 5.26 Å². The number of rotatable bonds is 0. The van der Waals surface area contributed by atoms with Gasteiger partial charge in [0.05, 0.1) is 5.56 Å². The van der Waals surface area contributed by atoms with Gasteiger partial charge >= 0.3 is 0 Å². The molecule has 0 saturated carbocycles. The standard InChI is InChI=1S/C7H7NO/c1-5-3-7(4-8)6(2)9-5/h3H,1-2H3. The van der Waals surface area contributed by atoms with Crippen LogP contribution < -0.4 is 0 Å².